The van der Waals surface area contributed by atoms with Crippen molar-refractivity contribution in [2.24, 2.45) is 0 Å². The molecule has 0 amide bonds. The highest BCUT2D eigenvalue weighted by molar-refractivity contribution is 7.16. The highest BCUT2D eigenvalue weighted by Gasteiger charge is 2.05. The lowest BCUT2D eigenvalue weighted by atomic mass is 10.2. The van der Waals surface area contributed by atoms with E-state index < -0.39 is 0 Å². The molecule has 0 fully saturated rings. The second-order valence-corrected chi connectivity index (χ2v) is 5.48. The topological polar surface area (TPSA) is 28.8 Å². The molecule has 3 aromatic rings. The van der Waals surface area contributed by atoms with E-state index in [9.17, 15) is 0 Å². The monoisotopic (exact) mass is 254 g/mol. The number of thiazole rings is 1. The van der Waals surface area contributed by atoms with E-state index in [1.165, 1.54) is 15.8 Å². The summed E-state index contributed by atoms with van der Waals surface area (Å²) in [4.78, 5) is 0.611. The number of fused-ring (bicyclic) bond motifs is 1. The fourth-order valence-electron chi connectivity index (χ4n) is 2.12. The molecule has 1 N–H and O–H groups in total. The fraction of sp³-hybridized carbons (Fsp3) is 0.133. The first-order valence-electron chi connectivity index (χ1n) is 5.92. The van der Waals surface area contributed by atoms with Crippen LogP contribution in [-0.2, 0) is 6.54 Å². The zero-order chi connectivity index (χ0) is 12.5. The third kappa shape index (κ3) is 1.97. The van der Waals surface area contributed by atoms with E-state index in [1.807, 2.05) is 18.2 Å². The van der Waals surface area contributed by atoms with Gasteiger partial charge in [0, 0.05) is 0 Å². The van der Waals surface area contributed by atoms with Gasteiger partial charge in [0.25, 0.3) is 0 Å². The Hall–Kier alpha value is -1.87. The predicted molar refractivity (Wildman–Crippen MR) is 76.0 cm³/mol. The fourth-order valence-corrected chi connectivity index (χ4v) is 3.13. The lowest BCUT2D eigenvalue weighted by Crippen LogP contribution is -2.13. The van der Waals surface area contributed by atoms with E-state index >= 15 is 0 Å². The molecule has 1 aromatic heterocycles. The summed E-state index contributed by atoms with van der Waals surface area (Å²) in [6, 6.07) is 16.7. The van der Waals surface area contributed by atoms with Gasteiger partial charge in [0.15, 0.2) is 4.80 Å². The molecule has 2 aromatic carbocycles. The summed E-state index contributed by atoms with van der Waals surface area (Å²) in [7, 11) is 0. The van der Waals surface area contributed by atoms with Crippen LogP contribution in [0, 0.1) is 12.3 Å². The lowest BCUT2D eigenvalue weighted by Gasteiger charge is -2.05. The van der Waals surface area contributed by atoms with Crippen molar-refractivity contribution >= 4 is 21.6 Å². The molecular formula is C15H14N2S. The zero-order valence-electron chi connectivity index (χ0n) is 10.2. The highest BCUT2D eigenvalue weighted by atomic mass is 32.1. The third-order valence-corrected chi connectivity index (χ3v) is 4.00. The van der Waals surface area contributed by atoms with Gasteiger partial charge in [-0.2, -0.15) is 0 Å². The quantitative estimate of drug-likeness (QED) is 0.725. The van der Waals surface area contributed by atoms with E-state index in [2.05, 4.69) is 41.8 Å². The summed E-state index contributed by atoms with van der Waals surface area (Å²) >= 11 is 1.54. The Morgan fingerprint density at radius 1 is 1.11 bits per heavy atom. The average Bonchev–Trinajstić information content (AvgIpc) is 2.66. The van der Waals surface area contributed by atoms with Gasteiger partial charge in [-0.25, -0.2) is 0 Å². The third-order valence-electron chi connectivity index (χ3n) is 3.04. The molecule has 0 atom stereocenters. The average molecular weight is 254 g/mol. The van der Waals surface area contributed by atoms with Crippen molar-refractivity contribution in [3.63, 3.8) is 0 Å². The number of hydrogen-bond acceptors (Lipinski definition) is 2. The zero-order valence-corrected chi connectivity index (χ0v) is 11.0. The number of nitrogens with zero attached hydrogens (tertiary/aromatic N) is 1. The minimum atomic E-state index is 0.611. The summed E-state index contributed by atoms with van der Waals surface area (Å²) < 4.78 is 3.25. The van der Waals surface area contributed by atoms with Crippen LogP contribution in [-0.4, -0.2) is 4.57 Å². The maximum atomic E-state index is 8.10. The van der Waals surface area contributed by atoms with Gasteiger partial charge in [-0.05, 0) is 30.2 Å². The standard InChI is InChI=1S/C15H14N2S/c1-11-7-8-13-14(9-11)18-15(16)17(13)10-12-5-3-2-4-6-12/h2-9,16H,10H2,1H3. The Morgan fingerprint density at radius 3 is 2.67 bits per heavy atom. The molecule has 0 radical (unpaired) electrons. The minimum Gasteiger partial charge on any atom is -0.312 e. The van der Waals surface area contributed by atoms with Crippen LogP contribution in [0.15, 0.2) is 48.5 Å². The van der Waals surface area contributed by atoms with Crippen LogP contribution in [0.4, 0.5) is 0 Å². The van der Waals surface area contributed by atoms with Crippen LogP contribution in [0.25, 0.3) is 10.2 Å². The smallest absolute Gasteiger partial charge is 0.183 e. The van der Waals surface area contributed by atoms with Gasteiger partial charge < -0.3 is 4.57 Å². The maximum absolute atomic E-state index is 8.10. The summed E-state index contributed by atoms with van der Waals surface area (Å²) in [5.41, 5.74) is 3.63. The van der Waals surface area contributed by atoms with Gasteiger partial charge in [-0.1, -0.05) is 47.7 Å². The first-order chi connectivity index (χ1) is 8.74. The molecular weight excluding hydrogens is 240 g/mol. The summed E-state index contributed by atoms with van der Waals surface area (Å²) in [5, 5.41) is 8.10. The first kappa shape index (κ1) is 11.2. The SMILES string of the molecule is Cc1ccc2c(c1)sc(=N)n2Cc1ccccc1. The maximum Gasteiger partial charge on any atom is 0.183 e. The van der Waals surface area contributed by atoms with Crippen LogP contribution in [0.2, 0.25) is 0 Å². The van der Waals surface area contributed by atoms with Crippen LogP contribution >= 0.6 is 11.3 Å². The number of benzene rings is 2. The van der Waals surface area contributed by atoms with Crippen molar-refractivity contribution in [3.05, 3.63) is 64.5 Å². The first-order valence-corrected chi connectivity index (χ1v) is 6.74. The molecule has 0 spiro atoms. The van der Waals surface area contributed by atoms with Crippen molar-refractivity contribution in [2.75, 3.05) is 0 Å². The van der Waals surface area contributed by atoms with Crippen molar-refractivity contribution in [3.8, 4) is 0 Å². The molecule has 18 heavy (non-hydrogen) atoms. The van der Waals surface area contributed by atoms with Crippen molar-refractivity contribution in [1.29, 1.82) is 5.41 Å². The van der Waals surface area contributed by atoms with E-state index in [1.54, 1.807) is 11.3 Å². The molecule has 2 nitrogen and oxygen atoms in total. The molecule has 0 aliphatic heterocycles. The van der Waals surface area contributed by atoms with Gasteiger partial charge in [0.2, 0.25) is 0 Å². The Labute approximate surface area is 110 Å². The lowest BCUT2D eigenvalue weighted by molar-refractivity contribution is 0.789. The molecule has 3 heteroatoms. The van der Waals surface area contributed by atoms with E-state index in [0.717, 1.165) is 12.1 Å². The van der Waals surface area contributed by atoms with E-state index in [-0.39, 0.29) is 0 Å². The highest BCUT2D eigenvalue weighted by Crippen LogP contribution is 2.19. The number of hydrogen-bond donors (Lipinski definition) is 1. The molecule has 0 bridgehead atoms. The number of nitrogens with one attached hydrogen (secondary N) is 1. The largest absolute Gasteiger partial charge is 0.312 e. The summed E-state index contributed by atoms with van der Waals surface area (Å²) in [6.45, 7) is 2.85. The van der Waals surface area contributed by atoms with Crippen molar-refractivity contribution in [1.82, 2.24) is 4.57 Å². The minimum absolute atomic E-state index is 0.611. The van der Waals surface area contributed by atoms with Gasteiger partial charge in [-0.3, -0.25) is 5.41 Å². The molecule has 0 aliphatic carbocycles. The number of aryl methyl sites for hydroxylation is 1. The van der Waals surface area contributed by atoms with Gasteiger partial charge in [0.1, 0.15) is 0 Å². The van der Waals surface area contributed by atoms with E-state index in [4.69, 9.17) is 5.41 Å². The Kier molecular flexibility index (Phi) is 2.76. The second-order valence-electron chi connectivity index (χ2n) is 4.45. The predicted octanol–water partition coefficient (Wildman–Crippen LogP) is 3.54. The summed E-state index contributed by atoms with van der Waals surface area (Å²) in [5.74, 6) is 0. The summed E-state index contributed by atoms with van der Waals surface area (Å²) in [6.07, 6.45) is 0. The molecule has 0 aliphatic rings. The molecule has 0 saturated heterocycles. The number of rotatable bonds is 2. The van der Waals surface area contributed by atoms with Gasteiger partial charge in [0.05, 0.1) is 16.8 Å². The van der Waals surface area contributed by atoms with Crippen LogP contribution in [0.1, 0.15) is 11.1 Å². The van der Waals surface area contributed by atoms with Gasteiger partial charge >= 0.3 is 0 Å². The van der Waals surface area contributed by atoms with Crippen molar-refractivity contribution in [2.45, 2.75) is 13.5 Å². The van der Waals surface area contributed by atoms with Crippen LogP contribution in [0.5, 0.6) is 0 Å². The van der Waals surface area contributed by atoms with Gasteiger partial charge in [-0.15, -0.1) is 0 Å². The van der Waals surface area contributed by atoms with Crippen LogP contribution in [0.3, 0.4) is 0 Å². The second kappa shape index (κ2) is 4.42. The molecule has 90 valence electrons. The Balaban J connectivity index is 2.12. The molecule has 1 heterocycles. The normalized spacial score (nSPS) is 10.9. The van der Waals surface area contributed by atoms with Crippen LogP contribution < -0.4 is 4.80 Å². The molecule has 3 rings (SSSR count). The Bertz CT molecular complexity index is 738. The number of aromatic nitrogens is 1. The molecule has 0 unspecified atom stereocenters. The Morgan fingerprint density at radius 2 is 1.89 bits per heavy atom. The van der Waals surface area contributed by atoms with E-state index in [0.29, 0.717) is 4.80 Å². The van der Waals surface area contributed by atoms with Crippen molar-refractivity contribution < 1.29 is 0 Å². The molecule has 0 saturated carbocycles.